The van der Waals surface area contributed by atoms with Crippen molar-refractivity contribution in [1.29, 1.82) is 0 Å². The summed E-state index contributed by atoms with van der Waals surface area (Å²) in [6.45, 7) is 5.73. The quantitative estimate of drug-likeness (QED) is 0.443. The molecule has 1 nitrogen and oxygen atoms in total. The van der Waals surface area contributed by atoms with Crippen LogP contribution < -0.4 is 0 Å². The molecule has 0 bridgehead atoms. The van der Waals surface area contributed by atoms with Crippen molar-refractivity contribution in [3.8, 4) is 0 Å². The smallest absolute Gasteiger partial charge is 0.123 e. The molecule has 0 amide bonds. The second-order valence-corrected chi connectivity index (χ2v) is 1.78. The topological polar surface area (TPSA) is 9.23 Å². The van der Waals surface area contributed by atoms with E-state index in [2.05, 4.69) is 17.9 Å². The van der Waals surface area contributed by atoms with E-state index in [-0.39, 0.29) is 12.4 Å². The van der Waals surface area contributed by atoms with Crippen LogP contribution in [-0.4, -0.2) is 13.3 Å². The van der Waals surface area contributed by atoms with E-state index in [0.29, 0.717) is 0 Å². The van der Waals surface area contributed by atoms with Crippen molar-refractivity contribution in [3.63, 3.8) is 0 Å². The van der Waals surface area contributed by atoms with Gasteiger partial charge < -0.3 is 4.74 Å². The summed E-state index contributed by atoms with van der Waals surface area (Å²) in [5.74, 6) is -0.364. The van der Waals surface area contributed by atoms with Crippen LogP contribution in [0.2, 0.25) is 0 Å². The van der Waals surface area contributed by atoms with E-state index in [4.69, 9.17) is 0 Å². The molecule has 3 heteroatoms. The molecular weight excluding hydrogens is 150 g/mol. The van der Waals surface area contributed by atoms with Gasteiger partial charge in [-0.1, -0.05) is 13.2 Å². The zero-order valence-electron chi connectivity index (χ0n) is 6.15. The van der Waals surface area contributed by atoms with Gasteiger partial charge in [0.05, 0.1) is 0 Å². The number of ether oxygens (including phenoxy) is 1. The summed E-state index contributed by atoms with van der Waals surface area (Å²) in [6.07, 6.45) is 2.39. The summed E-state index contributed by atoms with van der Waals surface area (Å²) in [5.41, 5.74) is 0. The number of rotatable bonds is 5. The fourth-order valence-corrected chi connectivity index (χ4v) is 0.401. The first-order valence-corrected chi connectivity index (χ1v) is 3.07. The van der Waals surface area contributed by atoms with E-state index in [1.807, 2.05) is 0 Å². The number of hydrogen-bond donors (Lipinski definition) is 0. The molecule has 0 aromatic carbocycles. The van der Waals surface area contributed by atoms with Gasteiger partial charge in [-0.25, -0.2) is 8.78 Å². The van der Waals surface area contributed by atoms with Crippen molar-refractivity contribution in [2.24, 2.45) is 0 Å². The molecule has 0 aromatic heterocycles. The molecule has 0 aliphatic rings. The third-order valence-corrected chi connectivity index (χ3v) is 0.815. The van der Waals surface area contributed by atoms with Crippen LogP contribution in [0, 0.1) is 0 Å². The molecular formula is C8H10F2O. The summed E-state index contributed by atoms with van der Waals surface area (Å²) in [6, 6.07) is 0. The summed E-state index contributed by atoms with van der Waals surface area (Å²) < 4.78 is 28.1. The molecule has 0 saturated carbocycles. The molecule has 0 rings (SSSR count). The Labute approximate surface area is 64.7 Å². The Morgan fingerprint density at radius 3 is 2.45 bits per heavy atom. The van der Waals surface area contributed by atoms with Crippen molar-refractivity contribution in [1.82, 2.24) is 0 Å². The van der Waals surface area contributed by atoms with Gasteiger partial charge in [0.15, 0.2) is 0 Å². The molecule has 11 heavy (non-hydrogen) atoms. The maximum atomic E-state index is 11.9. The fourth-order valence-electron chi connectivity index (χ4n) is 0.401. The largest absolute Gasteiger partial charge is 0.491 e. The summed E-state index contributed by atoms with van der Waals surface area (Å²) >= 11 is 0. The first-order chi connectivity index (χ1) is 5.16. The normalized spacial score (nSPS) is 10.0. The van der Waals surface area contributed by atoms with Crippen LogP contribution in [-0.2, 0) is 4.74 Å². The van der Waals surface area contributed by atoms with Crippen molar-refractivity contribution >= 4 is 0 Å². The second-order valence-electron chi connectivity index (χ2n) is 1.78. The van der Waals surface area contributed by atoms with Crippen molar-refractivity contribution in [2.45, 2.75) is 0 Å². The molecule has 0 aromatic rings. The predicted octanol–water partition coefficient (Wildman–Crippen LogP) is 2.53. The monoisotopic (exact) mass is 160 g/mol. The van der Waals surface area contributed by atoms with E-state index in [0.717, 1.165) is 6.08 Å². The highest BCUT2D eigenvalue weighted by Gasteiger charge is 1.88. The average Bonchev–Trinajstić information content (AvgIpc) is 1.97. The van der Waals surface area contributed by atoms with Crippen molar-refractivity contribution < 1.29 is 13.5 Å². The molecule has 0 heterocycles. The molecule has 0 N–H and O–H groups in total. The van der Waals surface area contributed by atoms with Gasteiger partial charge in [0.2, 0.25) is 0 Å². The molecule has 0 aliphatic carbocycles. The zero-order chi connectivity index (χ0) is 8.69. The number of alkyl halides is 1. The van der Waals surface area contributed by atoms with Gasteiger partial charge in [0, 0.05) is 0 Å². The van der Waals surface area contributed by atoms with Crippen LogP contribution in [0.1, 0.15) is 0 Å². The summed E-state index contributed by atoms with van der Waals surface area (Å²) in [4.78, 5) is 0. The highest BCUT2D eigenvalue weighted by atomic mass is 19.1. The zero-order valence-corrected chi connectivity index (χ0v) is 6.15. The lowest BCUT2D eigenvalue weighted by Crippen LogP contribution is -1.92. The average molecular weight is 160 g/mol. The Bertz CT molecular complexity index is 173. The third kappa shape index (κ3) is 6.77. The number of allylic oxidation sites excluding steroid dienone is 3. The Hall–Kier alpha value is -1.12. The van der Waals surface area contributed by atoms with Crippen molar-refractivity contribution in [3.05, 3.63) is 36.9 Å². The standard InChI is InChI=1S/C8H10F2O/c1-7(10)3-4-8(2)11-6-5-9/h3-4H,1-2,5-6H2/b4-3-. The van der Waals surface area contributed by atoms with E-state index >= 15 is 0 Å². The minimum atomic E-state index is -0.588. The molecule has 0 unspecified atom stereocenters. The van der Waals surface area contributed by atoms with Gasteiger partial charge in [-0.05, 0) is 12.2 Å². The summed E-state index contributed by atoms with van der Waals surface area (Å²) in [7, 11) is 0. The van der Waals surface area contributed by atoms with Crippen LogP contribution in [0.25, 0.3) is 0 Å². The maximum Gasteiger partial charge on any atom is 0.123 e. The van der Waals surface area contributed by atoms with Gasteiger partial charge in [0.1, 0.15) is 24.9 Å². The Morgan fingerprint density at radius 1 is 1.36 bits per heavy atom. The third-order valence-electron chi connectivity index (χ3n) is 0.815. The van der Waals surface area contributed by atoms with Gasteiger partial charge in [-0.15, -0.1) is 0 Å². The van der Waals surface area contributed by atoms with Crippen LogP contribution in [0.5, 0.6) is 0 Å². The minimum Gasteiger partial charge on any atom is -0.491 e. The molecule has 0 saturated heterocycles. The second kappa shape index (κ2) is 5.65. The fraction of sp³-hybridized carbons (Fsp3) is 0.250. The Balaban J connectivity index is 3.60. The first-order valence-electron chi connectivity index (χ1n) is 3.07. The lowest BCUT2D eigenvalue weighted by Gasteiger charge is -2.00. The Kier molecular flexibility index (Phi) is 5.07. The van der Waals surface area contributed by atoms with Crippen LogP contribution in [0.15, 0.2) is 36.9 Å². The molecule has 62 valence electrons. The summed E-state index contributed by atoms with van der Waals surface area (Å²) in [5, 5.41) is 0. The SMILES string of the molecule is C=C(F)/C=C\C(=C)OCCF. The molecule has 0 fully saturated rings. The van der Waals surface area contributed by atoms with Gasteiger partial charge >= 0.3 is 0 Å². The highest BCUT2D eigenvalue weighted by Crippen LogP contribution is 2.00. The Morgan fingerprint density at radius 2 is 2.00 bits per heavy atom. The lowest BCUT2D eigenvalue weighted by molar-refractivity contribution is 0.199. The van der Waals surface area contributed by atoms with Gasteiger partial charge in [-0.2, -0.15) is 0 Å². The highest BCUT2D eigenvalue weighted by molar-refractivity contribution is 5.16. The molecule has 0 radical (unpaired) electrons. The molecule has 0 spiro atoms. The van der Waals surface area contributed by atoms with E-state index in [1.54, 1.807) is 0 Å². The van der Waals surface area contributed by atoms with Crippen LogP contribution >= 0.6 is 0 Å². The molecule has 0 aliphatic heterocycles. The van der Waals surface area contributed by atoms with Crippen LogP contribution in [0.4, 0.5) is 8.78 Å². The van der Waals surface area contributed by atoms with E-state index < -0.39 is 12.5 Å². The molecule has 0 atom stereocenters. The van der Waals surface area contributed by atoms with Gasteiger partial charge in [-0.3, -0.25) is 0 Å². The maximum absolute atomic E-state index is 11.9. The predicted molar refractivity (Wildman–Crippen MR) is 40.5 cm³/mol. The number of halogens is 2. The van der Waals surface area contributed by atoms with Gasteiger partial charge in [0.25, 0.3) is 0 Å². The number of hydrogen-bond acceptors (Lipinski definition) is 1. The lowest BCUT2D eigenvalue weighted by atomic mass is 10.4. The first kappa shape index (κ1) is 9.88. The van der Waals surface area contributed by atoms with E-state index in [9.17, 15) is 8.78 Å². The minimum absolute atomic E-state index is 0.0536. The van der Waals surface area contributed by atoms with E-state index in [1.165, 1.54) is 6.08 Å². The van der Waals surface area contributed by atoms with Crippen LogP contribution in [0.3, 0.4) is 0 Å². The van der Waals surface area contributed by atoms with Crippen molar-refractivity contribution in [2.75, 3.05) is 13.3 Å².